The van der Waals surface area contributed by atoms with Crippen LogP contribution in [0.4, 0.5) is 5.69 Å². The molecule has 1 fully saturated rings. The first-order valence-electron chi connectivity index (χ1n) is 9.56. The lowest BCUT2D eigenvalue weighted by atomic mass is 10.1. The molecule has 6 heteroatoms. The third kappa shape index (κ3) is 5.33. The Labute approximate surface area is 171 Å². The van der Waals surface area contributed by atoms with Crippen molar-refractivity contribution in [1.29, 1.82) is 0 Å². The first kappa shape index (κ1) is 20.4. The van der Waals surface area contributed by atoms with Crippen LogP contribution in [0.15, 0.2) is 42.5 Å². The maximum atomic E-state index is 12.8. The van der Waals surface area contributed by atoms with Crippen LogP contribution < -0.4 is 5.32 Å². The van der Waals surface area contributed by atoms with E-state index in [9.17, 15) is 9.59 Å². The number of carbonyl (C=O) groups is 2. The van der Waals surface area contributed by atoms with Gasteiger partial charge in [0.25, 0.3) is 5.91 Å². The Morgan fingerprint density at radius 2 is 1.71 bits per heavy atom. The minimum Gasteiger partial charge on any atom is -0.336 e. The lowest BCUT2D eigenvalue weighted by Crippen LogP contribution is -2.49. The highest BCUT2D eigenvalue weighted by molar-refractivity contribution is 6.30. The highest BCUT2D eigenvalue weighted by atomic mass is 35.5. The van der Waals surface area contributed by atoms with E-state index in [-0.39, 0.29) is 11.8 Å². The monoisotopic (exact) mass is 399 g/mol. The average Bonchev–Trinajstić information content (AvgIpc) is 2.69. The van der Waals surface area contributed by atoms with Gasteiger partial charge < -0.3 is 10.2 Å². The molecule has 1 saturated heterocycles. The molecule has 1 aliphatic rings. The van der Waals surface area contributed by atoms with Crippen LogP contribution in [0.3, 0.4) is 0 Å². The van der Waals surface area contributed by atoms with Crippen LogP contribution >= 0.6 is 11.6 Å². The number of nitrogens with zero attached hydrogens (tertiary/aromatic N) is 2. The van der Waals surface area contributed by atoms with E-state index < -0.39 is 0 Å². The molecule has 0 atom stereocenters. The molecule has 1 N–H and O–H groups in total. The molecule has 0 aliphatic carbocycles. The summed E-state index contributed by atoms with van der Waals surface area (Å²) < 4.78 is 0. The van der Waals surface area contributed by atoms with E-state index in [1.54, 1.807) is 12.1 Å². The summed E-state index contributed by atoms with van der Waals surface area (Å²) in [5.74, 6) is -0.0632. The van der Waals surface area contributed by atoms with E-state index in [2.05, 4.69) is 22.3 Å². The fourth-order valence-electron chi connectivity index (χ4n) is 3.42. The number of benzene rings is 2. The van der Waals surface area contributed by atoms with Crippen molar-refractivity contribution in [2.24, 2.45) is 0 Å². The number of halogens is 1. The Hall–Kier alpha value is -2.37. The number of anilines is 1. The van der Waals surface area contributed by atoms with E-state index in [4.69, 9.17) is 11.6 Å². The molecular formula is C22H26ClN3O2. The van der Waals surface area contributed by atoms with Crippen molar-refractivity contribution in [2.45, 2.75) is 20.3 Å². The average molecular weight is 400 g/mol. The maximum Gasteiger partial charge on any atom is 0.253 e. The molecule has 3 rings (SSSR count). The zero-order valence-electron chi connectivity index (χ0n) is 16.4. The van der Waals surface area contributed by atoms with Crippen LogP contribution in [0.2, 0.25) is 5.02 Å². The second-order valence-corrected chi connectivity index (χ2v) is 7.66. The van der Waals surface area contributed by atoms with Crippen LogP contribution in [0.25, 0.3) is 0 Å². The van der Waals surface area contributed by atoms with E-state index in [1.165, 1.54) is 12.5 Å². The van der Waals surface area contributed by atoms with E-state index in [1.807, 2.05) is 30.0 Å². The molecule has 148 valence electrons. The smallest absolute Gasteiger partial charge is 0.253 e. The molecule has 2 aromatic carbocycles. The second-order valence-electron chi connectivity index (χ2n) is 7.22. The molecule has 0 bridgehead atoms. The van der Waals surface area contributed by atoms with E-state index in [0.29, 0.717) is 5.56 Å². The SMILES string of the molecule is CC(=O)Nc1ccc(C(=O)N2CCN(CCc3ccc(Cl)cc3)CC2)cc1C. The topological polar surface area (TPSA) is 52.7 Å². The molecular weight excluding hydrogens is 374 g/mol. The Balaban J connectivity index is 1.51. The number of amides is 2. The maximum absolute atomic E-state index is 12.8. The zero-order valence-corrected chi connectivity index (χ0v) is 17.1. The Morgan fingerprint density at radius 1 is 1.04 bits per heavy atom. The molecule has 1 heterocycles. The van der Waals surface area contributed by atoms with Crippen LogP contribution in [0.5, 0.6) is 0 Å². The summed E-state index contributed by atoms with van der Waals surface area (Å²) in [5, 5.41) is 3.54. The number of piperazine rings is 1. The summed E-state index contributed by atoms with van der Waals surface area (Å²) >= 11 is 5.93. The van der Waals surface area contributed by atoms with Gasteiger partial charge in [-0.2, -0.15) is 0 Å². The van der Waals surface area contributed by atoms with Crippen LogP contribution in [-0.4, -0.2) is 54.3 Å². The van der Waals surface area contributed by atoms with Gasteiger partial charge in [-0.3, -0.25) is 14.5 Å². The van der Waals surface area contributed by atoms with Gasteiger partial charge in [0.05, 0.1) is 0 Å². The Morgan fingerprint density at radius 3 is 2.32 bits per heavy atom. The first-order chi connectivity index (χ1) is 13.4. The van der Waals surface area contributed by atoms with Gasteiger partial charge >= 0.3 is 0 Å². The van der Waals surface area contributed by atoms with Crippen molar-refractivity contribution in [3.05, 3.63) is 64.2 Å². The highest BCUT2D eigenvalue weighted by Crippen LogP contribution is 2.18. The standard InChI is InChI=1S/C22H26ClN3O2/c1-16-15-19(5-8-21(16)24-17(2)27)22(28)26-13-11-25(12-14-26)10-9-18-3-6-20(23)7-4-18/h3-8,15H,9-14H2,1-2H3,(H,24,27). The van der Waals surface area contributed by atoms with Gasteiger partial charge in [-0.1, -0.05) is 23.7 Å². The summed E-state index contributed by atoms with van der Waals surface area (Å²) in [6.07, 6.45) is 0.981. The zero-order chi connectivity index (χ0) is 20.1. The van der Waals surface area contributed by atoms with Crippen molar-refractivity contribution in [3.8, 4) is 0 Å². The molecule has 0 radical (unpaired) electrons. The van der Waals surface area contributed by atoms with Crippen LogP contribution in [-0.2, 0) is 11.2 Å². The van der Waals surface area contributed by atoms with Gasteiger partial charge in [-0.25, -0.2) is 0 Å². The van der Waals surface area contributed by atoms with Crippen LogP contribution in [0.1, 0.15) is 28.4 Å². The quantitative estimate of drug-likeness (QED) is 0.835. The summed E-state index contributed by atoms with van der Waals surface area (Å²) in [6, 6.07) is 13.4. The van der Waals surface area contributed by atoms with Gasteiger partial charge in [0.1, 0.15) is 0 Å². The number of nitrogens with one attached hydrogen (secondary N) is 1. The van der Waals surface area contributed by atoms with E-state index >= 15 is 0 Å². The minimum atomic E-state index is -0.114. The molecule has 2 aromatic rings. The Bertz CT molecular complexity index is 843. The number of hydrogen-bond donors (Lipinski definition) is 1. The van der Waals surface area contributed by atoms with Gasteiger partial charge in [0.15, 0.2) is 0 Å². The summed E-state index contributed by atoms with van der Waals surface area (Å²) in [6.45, 7) is 7.57. The third-order valence-corrected chi connectivity index (χ3v) is 5.33. The van der Waals surface area contributed by atoms with Gasteiger partial charge in [-0.05, 0) is 54.8 Å². The first-order valence-corrected chi connectivity index (χ1v) is 9.94. The largest absolute Gasteiger partial charge is 0.336 e. The molecule has 0 saturated carbocycles. The van der Waals surface area contributed by atoms with Crippen molar-refractivity contribution in [3.63, 3.8) is 0 Å². The predicted molar refractivity (Wildman–Crippen MR) is 113 cm³/mol. The van der Waals surface area contributed by atoms with Crippen molar-refractivity contribution < 1.29 is 9.59 Å². The molecule has 1 aliphatic heterocycles. The fourth-order valence-corrected chi connectivity index (χ4v) is 3.55. The van der Waals surface area contributed by atoms with Gasteiger partial charge in [0, 0.05) is 55.9 Å². The van der Waals surface area contributed by atoms with Crippen molar-refractivity contribution in [1.82, 2.24) is 9.80 Å². The normalized spacial score (nSPS) is 14.8. The van der Waals surface area contributed by atoms with Gasteiger partial charge in [-0.15, -0.1) is 0 Å². The van der Waals surface area contributed by atoms with Crippen molar-refractivity contribution in [2.75, 3.05) is 38.0 Å². The summed E-state index contributed by atoms with van der Waals surface area (Å²) in [7, 11) is 0. The highest BCUT2D eigenvalue weighted by Gasteiger charge is 2.22. The number of hydrogen-bond acceptors (Lipinski definition) is 3. The number of rotatable bonds is 5. The molecule has 2 amide bonds. The fraction of sp³-hybridized carbons (Fsp3) is 0.364. The lowest BCUT2D eigenvalue weighted by molar-refractivity contribution is -0.114. The summed E-state index contributed by atoms with van der Waals surface area (Å²) in [5.41, 5.74) is 3.58. The molecule has 28 heavy (non-hydrogen) atoms. The van der Waals surface area contributed by atoms with Crippen molar-refractivity contribution >= 4 is 29.1 Å². The molecule has 5 nitrogen and oxygen atoms in total. The molecule has 0 unspecified atom stereocenters. The predicted octanol–water partition coefficient (Wildman–Crippen LogP) is 3.61. The number of aryl methyl sites for hydroxylation is 1. The molecule has 0 aromatic heterocycles. The van der Waals surface area contributed by atoms with E-state index in [0.717, 1.165) is 55.4 Å². The number of carbonyl (C=O) groups excluding carboxylic acids is 2. The molecule has 0 spiro atoms. The third-order valence-electron chi connectivity index (χ3n) is 5.07. The minimum absolute atomic E-state index is 0.0508. The summed E-state index contributed by atoms with van der Waals surface area (Å²) in [4.78, 5) is 28.3. The van der Waals surface area contributed by atoms with Gasteiger partial charge in [0.2, 0.25) is 5.91 Å². The second kappa shape index (κ2) is 9.22. The van der Waals surface area contributed by atoms with Crippen LogP contribution in [0, 0.1) is 6.92 Å². The lowest BCUT2D eigenvalue weighted by Gasteiger charge is -2.35. The Kier molecular flexibility index (Phi) is 6.70.